The fourth-order valence-corrected chi connectivity index (χ4v) is 3.36. The SMILES string of the molecule is COc1ccc(C(OCC(O)C(N)=O)(c2ccccc2)c2ccc(OC)cc2)cc1. The van der Waals surface area contributed by atoms with Crippen LogP contribution in [-0.2, 0) is 15.1 Å². The van der Waals surface area contributed by atoms with E-state index >= 15 is 0 Å². The number of rotatable bonds is 9. The van der Waals surface area contributed by atoms with E-state index in [1.807, 2.05) is 78.9 Å². The van der Waals surface area contributed by atoms with Gasteiger partial charge in [0.2, 0.25) is 5.91 Å². The van der Waals surface area contributed by atoms with E-state index in [1.54, 1.807) is 14.2 Å². The van der Waals surface area contributed by atoms with Gasteiger partial charge in [-0.15, -0.1) is 0 Å². The van der Waals surface area contributed by atoms with Crippen LogP contribution in [0.4, 0.5) is 0 Å². The molecule has 0 aliphatic carbocycles. The first kappa shape index (κ1) is 21.4. The lowest BCUT2D eigenvalue weighted by Crippen LogP contribution is -2.39. The highest BCUT2D eigenvalue weighted by Crippen LogP contribution is 2.41. The van der Waals surface area contributed by atoms with Crippen LogP contribution >= 0.6 is 0 Å². The van der Waals surface area contributed by atoms with Crippen molar-refractivity contribution in [1.29, 1.82) is 0 Å². The first-order chi connectivity index (χ1) is 14.5. The Balaban J connectivity index is 2.21. The quantitative estimate of drug-likeness (QED) is 0.532. The second-order valence-corrected chi connectivity index (χ2v) is 6.73. The standard InChI is InChI=1S/C24H25NO5/c1-28-20-12-8-18(9-13-20)24(17-6-4-3-5-7-17,30-16-22(26)23(25)27)19-10-14-21(29-2)15-11-19/h3-15,22,26H,16H2,1-2H3,(H2,25,27). The smallest absolute Gasteiger partial charge is 0.248 e. The molecule has 0 radical (unpaired) electrons. The molecule has 1 atom stereocenters. The van der Waals surface area contributed by atoms with Crippen LogP contribution in [0.2, 0.25) is 0 Å². The Morgan fingerprint density at radius 3 is 1.67 bits per heavy atom. The first-order valence-corrected chi connectivity index (χ1v) is 9.47. The van der Waals surface area contributed by atoms with Gasteiger partial charge in [0, 0.05) is 0 Å². The number of methoxy groups -OCH3 is 2. The average Bonchev–Trinajstić information content (AvgIpc) is 2.80. The molecule has 6 nitrogen and oxygen atoms in total. The highest BCUT2D eigenvalue weighted by atomic mass is 16.5. The fourth-order valence-electron chi connectivity index (χ4n) is 3.36. The zero-order chi connectivity index (χ0) is 21.6. The van der Waals surface area contributed by atoms with Gasteiger partial charge in [0.1, 0.15) is 17.1 Å². The number of benzene rings is 3. The zero-order valence-corrected chi connectivity index (χ0v) is 16.9. The third kappa shape index (κ3) is 4.30. The third-order valence-corrected chi connectivity index (χ3v) is 4.96. The van der Waals surface area contributed by atoms with Gasteiger partial charge in [-0.3, -0.25) is 4.79 Å². The number of aliphatic hydroxyl groups excluding tert-OH is 1. The molecule has 1 amide bonds. The highest BCUT2D eigenvalue weighted by molar-refractivity contribution is 5.78. The molecule has 0 bridgehead atoms. The molecule has 156 valence electrons. The molecule has 0 aliphatic heterocycles. The lowest BCUT2D eigenvalue weighted by molar-refractivity contribution is -0.131. The molecule has 3 aromatic carbocycles. The van der Waals surface area contributed by atoms with Crippen molar-refractivity contribution in [3.05, 3.63) is 95.6 Å². The summed E-state index contributed by atoms with van der Waals surface area (Å²) in [4.78, 5) is 11.5. The predicted molar refractivity (Wildman–Crippen MR) is 113 cm³/mol. The lowest BCUT2D eigenvalue weighted by atomic mass is 9.80. The molecule has 6 heteroatoms. The second kappa shape index (κ2) is 9.43. The second-order valence-electron chi connectivity index (χ2n) is 6.73. The molecule has 0 saturated heterocycles. The molecule has 1 unspecified atom stereocenters. The van der Waals surface area contributed by atoms with Gasteiger partial charge < -0.3 is 25.1 Å². The average molecular weight is 407 g/mol. The summed E-state index contributed by atoms with van der Waals surface area (Å²) in [6, 6.07) is 24.5. The summed E-state index contributed by atoms with van der Waals surface area (Å²) < 4.78 is 16.9. The summed E-state index contributed by atoms with van der Waals surface area (Å²) in [5, 5.41) is 10.1. The molecular weight excluding hydrogens is 382 g/mol. The fraction of sp³-hybridized carbons (Fsp3) is 0.208. The number of hydrogen-bond donors (Lipinski definition) is 2. The number of amides is 1. The molecule has 30 heavy (non-hydrogen) atoms. The van der Waals surface area contributed by atoms with Gasteiger partial charge in [-0.25, -0.2) is 0 Å². The Bertz CT molecular complexity index is 908. The number of carbonyl (C=O) groups is 1. The molecule has 0 fully saturated rings. The maximum absolute atomic E-state index is 11.5. The Labute approximate surface area is 175 Å². The molecule has 3 aromatic rings. The van der Waals surface area contributed by atoms with E-state index in [2.05, 4.69) is 0 Å². The Hall–Kier alpha value is -3.35. The van der Waals surface area contributed by atoms with Crippen molar-refractivity contribution >= 4 is 5.91 Å². The molecular formula is C24H25NO5. The Morgan fingerprint density at radius 1 is 0.833 bits per heavy atom. The van der Waals surface area contributed by atoms with E-state index in [4.69, 9.17) is 19.9 Å². The minimum Gasteiger partial charge on any atom is -0.497 e. The van der Waals surface area contributed by atoms with Crippen molar-refractivity contribution in [3.8, 4) is 11.5 Å². The van der Waals surface area contributed by atoms with Crippen molar-refractivity contribution in [2.75, 3.05) is 20.8 Å². The summed E-state index contributed by atoms with van der Waals surface area (Å²) in [6.45, 7) is -0.276. The van der Waals surface area contributed by atoms with Crippen LogP contribution in [-0.4, -0.2) is 37.9 Å². The molecule has 0 saturated carbocycles. The maximum Gasteiger partial charge on any atom is 0.248 e. The van der Waals surface area contributed by atoms with Gasteiger partial charge >= 0.3 is 0 Å². The van der Waals surface area contributed by atoms with Crippen LogP contribution in [0.15, 0.2) is 78.9 Å². The molecule has 3 N–H and O–H groups in total. The topological polar surface area (TPSA) is 91.0 Å². The van der Waals surface area contributed by atoms with Crippen molar-refractivity contribution in [2.24, 2.45) is 5.73 Å². The van der Waals surface area contributed by atoms with Gasteiger partial charge in [-0.1, -0.05) is 54.6 Å². The van der Waals surface area contributed by atoms with E-state index < -0.39 is 17.6 Å². The number of nitrogens with two attached hydrogens (primary N) is 1. The lowest BCUT2D eigenvalue weighted by Gasteiger charge is -2.36. The van der Waals surface area contributed by atoms with Crippen LogP contribution in [0.1, 0.15) is 16.7 Å². The van der Waals surface area contributed by atoms with Crippen molar-refractivity contribution in [3.63, 3.8) is 0 Å². The number of primary amides is 1. The number of hydrogen-bond acceptors (Lipinski definition) is 5. The molecule has 0 heterocycles. The predicted octanol–water partition coefficient (Wildman–Crippen LogP) is 2.86. The zero-order valence-electron chi connectivity index (χ0n) is 16.9. The molecule has 0 aliphatic rings. The monoisotopic (exact) mass is 407 g/mol. The van der Waals surface area contributed by atoms with Crippen LogP contribution in [0, 0.1) is 0 Å². The van der Waals surface area contributed by atoms with E-state index in [-0.39, 0.29) is 6.61 Å². The van der Waals surface area contributed by atoms with Crippen molar-refractivity contribution < 1.29 is 24.1 Å². The van der Waals surface area contributed by atoms with E-state index in [9.17, 15) is 9.90 Å². The Kier molecular flexibility index (Phi) is 6.72. The minimum absolute atomic E-state index is 0.276. The number of carbonyl (C=O) groups excluding carboxylic acids is 1. The van der Waals surface area contributed by atoms with Crippen molar-refractivity contribution in [1.82, 2.24) is 0 Å². The third-order valence-electron chi connectivity index (χ3n) is 4.96. The molecule has 0 spiro atoms. The van der Waals surface area contributed by atoms with Gasteiger partial charge in [0.25, 0.3) is 0 Å². The summed E-state index contributed by atoms with van der Waals surface area (Å²) in [5.41, 5.74) is 6.59. The summed E-state index contributed by atoms with van der Waals surface area (Å²) in [5.74, 6) is 0.557. The van der Waals surface area contributed by atoms with Gasteiger partial charge in [0.05, 0.1) is 20.8 Å². The number of ether oxygens (including phenoxy) is 3. The molecule has 3 rings (SSSR count). The van der Waals surface area contributed by atoms with Gasteiger partial charge in [0.15, 0.2) is 6.10 Å². The first-order valence-electron chi connectivity index (χ1n) is 9.47. The minimum atomic E-state index is -1.44. The summed E-state index contributed by atoms with van der Waals surface area (Å²) >= 11 is 0. The van der Waals surface area contributed by atoms with Crippen molar-refractivity contribution in [2.45, 2.75) is 11.7 Å². The van der Waals surface area contributed by atoms with Gasteiger partial charge in [-0.05, 0) is 41.0 Å². The number of aliphatic hydroxyl groups is 1. The summed E-state index contributed by atoms with van der Waals surface area (Å²) in [7, 11) is 3.20. The maximum atomic E-state index is 11.5. The largest absolute Gasteiger partial charge is 0.497 e. The molecule has 0 aromatic heterocycles. The van der Waals surface area contributed by atoms with E-state index in [0.29, 0.717) is 11.5 Å². The normalized spacial score (nSPS) is 12.2. The Morgan fingerprint density at radius 2 is 1.27 bits per heavy atom. The highest BCUT2D eigenvalue weighted by Gasteiger charge is 2.38. The summed E-state index contributed by atoms with van der Waals surface area (Å²) in [6.07, 6.45) is -1.44. The van der Waals surface area contributed by atoms with Crippen LogP contribution in [0.5, 0.6) is 11.5 Å². The van der Waals surface area contributed by atoms with Crippen LogP contribution in [0.3, 0.4) is 0 Å². The van der Waals surface area contributed by atoms with Crippen LogP contribution in [0.25, 0.3) is 0 Å². The van der Waals surface area contributed by atoms with E-state index in [1.165, 1.54) is 0 Å². The van der Waals surface area contributed by atoms with Gasteiger partial charge in [-0.2, -0.15) is 0 Å². The van der Waals surface area contributed by atoms with E-state index in [0.717, 1.165) is 16.7 Å². The van der Waals surface area contributed by atoms with Crippen LogP contribution < -0.4 is 15.2 Å².